The van der Waals surface area contributed by atoms with Crippen LogP contribution in [0, 0.1) is 6.92 Å². The first-order chi connectivity index (χ1) is 8.74. The van der Waals surface area contributed by atoms with Gasteiger partial charge in [-0.15, -0.1) is 11.3 Å². The number of nitrogens with zero attached hydrogens (tertiary/aromatic N) is 2. The van der Waals surface area contributed by atoms with E-state index in [4.69, 9.17) is 11.6 Å². The van der Waals surface area contributed by atoms with Crippen LogP contribution in [0.1, 0.15) is 5.56 Å². The highest BCUT2D eigenvalue weighted by molar-refractivity contribution is 7.13. The third-order valence-electron chi connectivity index (χ3n) is 2.66. The van der Waals surface area contributed by atoms with Crippen LogP contribution in [0.25, 0.3) is 22.1 Å². The molecule has 0 unspecified atom stereocenters. The van der Waals surface area contributed by atoms with Crippen molar-refractivity contribution in [1.29, 1.82) is 0 Å². The van der Waals surface area contributed by atoms with E-state index in [1.165, 1.54) is 0 Å². The number of benzene rings is 1. The predicted octanol–water partition coefficient (Wildman–Crippen LogP) is 4.16. The Morgan fingerprint density at radius 3 is 2.89 bits per heavy atom. The number of nitrogens with one attached hydrogen (secondary N) is 1. The molecule has 0 spiro atoms. The maximum Gasteiger partial charge on any atom is 0.181 e. The SMILES string of the molecule is Cc1cc(-c2n[nH]c(-c3cccs3)n2)ccc1Cl. The lowest BCUT2D eigenvalue weighted by Crippen LogP contribution is -1.83. The summed E-state index contributed by atoms with van der Waals surface area (Å²) in [7, 11) is 0. The zero-order valence-electron chi connectivity index (χ0n) is 9.64. The van der Waals surface area contributed by atoms with Crippen LogP contribution in [0.3, 0.4) is 0 Å². The van der Waals surface area contributed by atoms with Crippen LogP contribution >= 0.6 is 22.9 Å². The Morgan fingerprint density at radius 1 is 1.28 bits per heavy atom. The fraction of sp³-hybridized carbons (Fsp3) is 0.0769. The summed E-state index contributed by atoms with van der Waals surface area (Å²) in [4.78, 5) is 5.58. The predicted molar refractivity (Wildman–Crippen MR) is 74.9 cm³/mol. The molecular formula is C13H10ClN3S. The molecule has 0 aliphatic rings. The summed E-state index contributed by atoms with van der Waals surface area (Å²) < 4.78 is 0. The van der Waals surface area contributed by atoms with Crippen molar-refractivity contribution in [3.63, 3.8) is 0 Å². The Hall–Kier alpha value is -1.65. The first-order valence-corrected chi connectivity index (χ1v) is 6.72. The molecule has 1 N–H and O–H groups in total. The van der Waals surface area contributed by atoms with Gasteiger partial charge in [0.15, 0.2) is 11.6 Å². The number of thiophene rings is 1. The van der Waals surface area contributed by atoms with Crippen LogP contribution in [0.2, 0.25) is 5.02 Å². The van der Waals surface area contributed by atoms with Crippen molar-refractivity contribution in [2.24, 2.45) is 0 Å². The number of hydrogen-bond donors (Lipinski definition) is 1. The Bertz CT molecular complexity index is 673. The fourth-order valence-corrected chi connectivity index (χ4v) is 2.48. The van der Waals surface area contributed by atoms with E-state index in [0.717, 1.165) is 26.9 Å². The van der Waals surface area contributed by atoms with E-state index < -0.39 is 0 Å². The maximum atomic E-state index is 6.01. The van der Waals surface area contributed by atoms with Crippen molar-refractivity contribution in [2.75, 3.05) is 0 Å². The average Bonchev–Trinajstić information content (AvgIpc) is 3.01. The number of halogens is 1. The molecule has 0 atom stereocenters. The van der Waals surface area contributed by atoms with Gasteiger partial charge in [-0.05, 0) is 42.1 Å². The Morgan fingerprint density at radius 2 is 2.17 bits per heavy atom. The molecule has 0 aliphatic heterocycles. The second-order valence-electron chi connectivity index (χ2n) is 3.95. The first-order valence-electron chi connectivity index (χ1n) is 5.47. The molecule has 0 fully saturated rings. The third kappa shape index (κ3) is 2.05. The van der Waals surface area contributed by atoms with Gasteiger partial charge in [-0.1, -0.05) is 17.7 Å². The molecule has 3 aromatic rings. The van der Waals surface area contributed by atoms with Crippen LogP contribution in [0.5, 0.6) is 0 Å². The van der Waals surface area contributed by atoms with Gasteiger partial charge in [0, 0.05) is 10.6 Å². The lowest BCUT2D eigenvalue weighted by atomic mass is 10.1. The van der Waals surface area contributed by atoms with E-state index in [9.17, 15) is 0 Å². The number of rotatable bonds is 2. The minimum atomic E-state index is 0.693. The van der Waals surface area contributed by atoms with Crippen LogP contribution < -0.4 is 0 Å². The van der Waals surface area contributed by atoms with Crippen LogP contribution in [0.15, 0.2) is 35.7 Å². The number of aromatic amines is 1. The van der Waals surface area contributed by atoms with Gasteiger partial charge < -0.3 is 0 Å². The Labute approximate surface area is 113 Å². The van der Waals surface area contributed by atoms with Crippen molar-refractivity contribution in [1.82, 2.24) is 15.2 Å². The van der Waals surface area contributed by atoms with Crippen LogP contribution in [-0.2, 0) is 0 Å². The van der Waals surface area contributed by atoms with E-state index in [1.54, 1.807) is 11.3 Å². The van der Waals surface area contributed by atoms with E-state index in [0.29, 0.717) is 5.82 Å². The van der Waals surface area contributed by atoms with E-state index >= 15 is 0 Å². The largest absolute Gasteiger partial charge is 0.258 e. The maximum absolute atomic E-state index is 6.01. The highest BCUT2D eigenvalue weighted by Crippen LogP contribution is 2.25. The van der Waals surface area contributed by atoms with Gasteiger partial charge in [0.05, 0.1) is 4.88 Å². The van der Waals surface area contributed by atoms with Crippen LogP contribution in [-0.4, -0.2) is 15.2 Å². The molecule has 0 saturated heterocycles. The Kier molecular flexibility index (Phi) is 2.89. The van der Waals surface area contributed by atoms with Crippen molar-refractivity contribution >= 4 is 22.9 Å². The third-order valence-corrected chi connectivity index (χ3v) is 3.96. The average molecular weight is 276 g/mol. The normalized spacial score (nSPS) is 10.8. The number of aromatic nitrogens is 3. The van der Waals surface area contributed by atoms with E-state index in [-0.39, 0.29) is 0 Å². The topological polar surface area (TPSA) is 41.6 Å². The monoisotopic (exact) mass is 275 g/mol. The van der Waals surface area contributed by atoms with E-state index in [2.05, 4.69) is 15.2 Å². The number of aryl methyl sites for hydroxylation is 1. The lowest BCUT2D eigenvalue weighted by Gasteiger charge is -1.99. The fourth-order valence-electron chi connectivity index (χ4n) is 1.70. The molecule has 3 rings (SSSR count). The lowest BCUT2D eigenvalue weighted by molar-refractivity contribution is 1.10. The highest BCUT2D eigenvalue weighted by Gasteiger charge is 2.09. The van der Waals surface area contributed by atoms with E-state index in [1.807, 2.05) is 42.6 Å². The molecule has 0 amide bonds. The number of H-pyrrole nitrogens is 1. The summed E-state index contributed by atoms with van der Waals surface area (Å²) in [6.07, 6.45) is 0. The highest BCUT2D eigenvalue weighted by atomic mass is 35.5. The van der Waals surface area contributed by atoms with Crippen molar-refractivity contribution in [3.05, 3.63) is 46.3 Å². The van der Waals surface area contributed by atoms with Crippen molar-refractivity contribution < 1.29 is 0 Å². The van der Waals surface area contributed by atoms with Gasteiger partial charge in [0.2, 0.25) is 0 Å². The summed E-state index contributed by atoms with van der Waals surface area (Å²) in [5.74, 6) is 1.49. The zero-order chi connectivity index (χ0) is 12.5. The smallest absolute Gasteiger partial charge is 0.181 e. The molecule has 90 valence electrons. The van der Waals surface area contributed by atoms with Crippen LogP contribution in [0.4, 0.5) is 0 Å². The molecule has 2 aromatic heterocycles. The van der Waals surface area contributed by atoms with Crippen molar-refractivity contribution in [3.8, 4) is 22.1 Å². The summed E-state index contributed by atoms with van der Waals surface area (Å²) in [5.41, 5.74) is 1.99. The summed E-state index contributed by atoms with van der Waals surface area (Å²) in [5, 5.41) is 9.97. The molecule has 18 heavy (non-hydrogen) atoms. The molecule has 1 aromatic carbocycles. The van der Waals surface area contributed by atoms with Gasteiger partial charge in [-0.25, -0.2) is 4.98 Å². The van der Waals surface area contributed by atoms with Gasteiger partial charge in [0.25, 0.3) is 0 Å². The Balaban J connectivity index is 2.00. The van der Waals surface area contributed by atoms with Crippen molar-refractivity contribution in [2.45, 2.75) is 6.92 Å². The summed E-state index contributed by atoms with van der Waals surface area (Å²) in [6, 6.07) is 9.80. The molecule has 0 saturated carbocycles. The number of hydrogen-bond acceptors (Lipinski definition) is 3. The molecule has 0 aliphatic carbocycles. The molecule has 0 radical (unpaired) electrons. The van der Waals surface area contributed by atoms with Gasteiger partial charge >= 0.3 is 0 Å². The second kappa shape index (κ2) is 4.55. The molecular weight excluding hydrogens is 266 g/mol. The van der Waals surface area contributed by atoms with Gasteiger partial charge in [-0.2, -0.15) is 5.10 Å². The quantitative estimate of drug-likeness (QED) is 0.763. The standard InChI is InChI=1S/C13H10ClN3S/c1-8-7-9(4-5-10(8)14)12-15-13(17-16-12)11-3-2-6-18-11/h2-7H,1H3,(H,15,16,17). The zero-order valence-corrected chi connectivity index (χ0v) is 11.2. The molecule has 5 heteroatoms. The van der Waals surface area contributed by atoms with Gasteiger partial charge in [0.1, 0.15) is 0 Å². The molecule has 2 heterocycles. The second-order valence-corrected chi connectivity index (χ2v) is 5.30. The summed E-state index contributed by atoms with van der Waals surface area (Å²) in [6.45, 7) is 1.97. The molecule has 0 bridgehead atoms. The first kappa shape index (κ1) is 11.4. The van der Waals surface area contributed by atoms with Gasteiger partial charge in [-0.3, -0.25) is 5.10 Å². The minimum absolute atomic E-state index is 0.693. The molecule has 3 nitrogen and oxygen atoms in total. The minimum Gasteiger partial charge on any atom is -0.258 e. The summed E-state index contributed by atoms with van der Waals surface area (Å²) >= 11 is 7.64.